The molecule has 0 atom stereocenters. The Balaban J connectivity index is 1.98. The predicted molar refractivity (Wildman–Crippen MR) is 61.9 cm³/mol. The highest BCUT2D eigenvalue weighted by atomic mass is 16.3. The van der Waals surface area contributed by atoms with Crippen LogP contribution in [0.2, 0.25) is 0 Å². The number of benzene rings is 1. The van der Waals surface area contributed by atoms with Crippen molar-refractivity contribution in [2.45, 2.75) is 31.6 Å². The fourth-order valence-corrected chi connectivity index (χ4v) is 2.48. The van der Waals surface area contributed by atoms with E-state index in [1.165, 1.54) is 31.2 Å². The topological polar surface area (TPSA) is 46.2 Å². The van der Waals surface area contributed by atoms with Crippen LogP contribution >= 0.6 is 0 Å². The van der Waals surface area contributed by atoms with Crippen LogP contribution in [0.25, 0.3) is 0 Å². The largest absolute Gasteiger partial charge is 0.508 e. The van der Waals surface area contributed by atoms with Crippen LogP contribution in [0.3, 0.4) is 0 Å². The molecule has 82 valence electrons. The van der Waals surface area contributed by atoms with Crippen LogP contribution in [-0.2, 0) is 0 Å². The number of phenolic OH excluding ortho intramolecular Hbond substituents is 1. The average molecular weight is 205 g/mol. The maximum Gasteiger partial charge on any atom is 0.115 e. The summed E-state index contributed by atoms with van der Waals surface area (Å²) in [5, 5.41) is 9.22. The standard InChI is InChI=1S/C13H19NO/c14-9-10-1-3-11(4-2-10)12-5-7-13(15)8-6-12/h5-8,10-11,15H,1-4,9,14H2/t10-,11-. The fraction of sp³-hybridized carbons (Fsp3) is 0.538. The molecule has 1 fully saturated rings. The molecule has 0 aromatic heterocycles. The minimum atomic E-state index is 0.356. The summed E-state index contributed by atoms with van der Waals surface area (Å²) in [4.78, 5) is 0. The Labute approximate surface area is 91.1 Å². The maximum absolute atomic E-state index is 9.22. The molecule has 0 heterocycles. The van der Waals surface area contributed by atoms with Crippen LogP contribution in [0.5, 0.6) is 5.75 Å². The third-order valence-corrected chi connectivity index (χ3v) is 3.54. The van der Waals surface area contributed by atoms with Gasteiger partial charge in [-0.2, -0.15) is 0 Å². The lowest BCUT2D eigenvalue weighted by atomic mass is 9.79. The molecule has 0 radical (unpaired) electrons. The monoisotopic (exact) mass is 205 g/mol. The number of phenols is 1. The fourth-order valence-electron chi connectivity index (χ4n) is 2.48. The van der Waals surface area contributed by atoms with Crippen molar-refractivity contribution in [3.8, 4) is 5.75 Å². The zero-order valence-corrected chi connectivity index (χ0v) is 9.02. The van der Waals surface area contributed by atoms with Crippen LogP contribution in [-0.4, -0.2) is 11.7 Å². The second-order valence-electron chi connectivity index (χ2n) is 4.54. The summed E-state index contributed by atoms with van der Waals surface area (Å²) in [6, 6.07) is 7.65. The minimum absolute atomic E-state index is 0.356. The van der Waals surface area contributed by atoms with Gasteiger partial charge in [0.25, 0.3) is 0 Å². The Morgan fingerprint density at radius 2 is 1.67 bits per heavy atom. The Morgan fingerprint density at radius 1 is 1.07 bits per heavy atom. The lowest BCUT2D eigenvalue weighted by molar-refractivity contribution is 0.332. The normalized spacial score (nSPS) is 26.5. The zero-order chi connectivity index (χ0) is 10.7. The second kappa shape index (κ2) is 4.67. The summed E-state index contributed by atoms with van der Waals surface area (Å²) in [7, 11) is 0. The lowest BCUT2D eigenvalue weighted by Crippen LogP contribution is -2.20. The van der Waals surface area contributed by atoms with E-state index >= 15 is 0 Å². The van der Waals surface area contributed by atoms with E-state index in [9.17, 15) is 5.11 Å². The van der Waals surface area contributed by atoms with Crippen molar-refractivity contribution in [2.24, 2.45) is 11.7 Å². The van der Waals surface area contributed by atoms with Gasteiger partial charge in [0.05, 0.1) is 0 Å². The molecule has 0 aliphatic heterocycles. The molecule has 0 unspecified atom stereocenters. The molecule has 2 nitrogen and oxygen atoms in total. The van der Waals surface area contributed by atoms with Crippen LogP contribution < -0.4 is 5.73 Å². The molecule has 0 spiro atoms. The molecule has 15 heavy (non-hydrogen) atoms. The van der Waals surface area contributed by atoms with E-state index in [1.54, 1.807) is 12.1 Å². The van der Waals surface area contributed by atoms with Gasteiger partial charge in [-0.05, 0) is 61.8 Å². The molecule has 1 aliphatic carbocycles. The predicted octanol–water partition coefficient (Wildman–Crippen LogP) is 2.62. The van der Waals surface area contributed by atoms with Gasteiger partial charge in [-0.15, -0.1) is 0 Å². The Morgan fingerprint density at radius 3 is 2.20 bits per heavy atom. The van der Waals surface area contributed by atoms with Gasteiger partial charge in [0.1, 0.15) is 5.75 Å². The van der Waals surface area contributed by atoms with E-state index in [0.29, 0.717) is 11.7 Å². The van der Waals surface area contributed by atoms with Crippen molar-refractivity contribution in [3.05, 3.63) is 29.8 Å². The molecule has 1 aromatic rings. The summed E-state index contributed by atoms with van der Waals surface area (Å²) < 4.78 is 0. The Bertz CT molecular complexity index is 299. The number of rotatable bonds is 2. The van der Waals surface area contributed by atoms with Crippen molar-refractivity contribution in [1.82, 2.24) is 0 Å². The first-order chi connectivity index (χ1) is 7.29. The van der Waals surface area contributed by atoms with Gasteiger partial charge in [0.15, 0.2) is 0 Å². The van der Waals surface area contributed by atoms with Crippen molar-refractivity contribution in [1.29, 1.82) is 0 Å². The van der Waals surface area contributed by atoms with Gasteiger partial charge < -0.3 is 10.8 Å². The third-order valence-electron chi connectivity index (χ3n) is 3.54. The third kappa shape index (κ3) is 2.51. The van der Waals surface area contributed by atoms with E-state index in [0.717, 1.165) is 12.5 Å². The molecule has 2 heteroatoms. The van der Waals surface area contributed by atoms with E-state index in [-0.39, 0.29) is 0 Å². The van der Waals surface area contributed by atoms with Crippen molar-refractivity contribution < 1.29 is 5.11 Å². The molecule has 1 aromatic carbocycles. The van der Waals surface area contributed by atoms with Gasteiger partial charge in [0.2, 0.25) is 0 Å². The quantitative estimate of drug-likeness (QED) is 0.779. The molecule has 0 amide bonds. The molecular formula is C13H19NO. The average Bonchev–Trinajstić information content (AvgIpc) is 2.30. The first-order valence-electron chi connectivity index (χ1n) is 5.78. The molecule has 1 aliphatic rings. The number of hydrogen-bond donors (Lipinski definition) is 2. The SMILES string of the molecule is NC[C@H]1CC[C@H](c2ccc(O)cc2)CC1. The molecule has 0 bridgehead atoms. The molecule has 3 N–H and O–H groups in total. The van der Waals surface area contributed by atoms with E-state index in [1.807, 2.05) is 12.1 Å². The minimum Gasteiger partial charge on any atom is -0.508 e. The van der Waals surface area contributed by atoms with E-state index in [2.05, 4.69) is 0 Å². The highest BCUT2D eigenvalue weighted by molar-refractivity contribution is 5.28. The van der Waals surface area contributed by atoms with Crippen LogP contribution in [0.15, 0.2) is 24.3 Å². The highest BCUT2D eigenvalue weighted by Gasteiger charge is 2.21. The van der Waals surface area contributed by atoms with E-state index in [4.69, 9.17) is 5.73 Å². The summed E-state index contributed by atoms with van der Waals surface area (Å²) in [6.07, 6.45) is 4.99. The summed E-state index contributed by atoms with van der Waals surface area (Å²) in [5.41, 5.74) is 7.04. The molecule has 2 rings (SSSR count). The number of hydrogen-bond acceptors (Lipinski definition) is 2. The first-order valence-corrected chi connectivity index (χ1v) is 5.78. The van der Waals surface area contributed by atoms with Gasteiger partial charge >= 0.3 is 0 Å². The van der Waals surface area contributed by atoms with Crippen LogP contribution in [0, 0.1) is 5.92 Å². The second-order valence-corrected chi connectivity index (χ2v) is 4.54. The number of nitrogens with two attached hydrogens (primary N) is 1. The molecule has 1 saturated carbocycles. The van der Waals surface area contributed by atoms with Crippen molar-refractivity contribution in [3.63, 3.8) is 0 Å². The molecular weight excluding hydrogens is 186 g/mol. The zero-order valence-electron chi connectivity index (χ0n) is 9.02. The molecule has 0 saturated heterocycles. The van der Waals surface area contributed by atoms with Gasteiger partial charge in [0, 0.05) is 0 Å². The van der Waals surface area contributed by atoms with Crippen LogP contribution in [0.4, 0.5) is 0 Å². The highest BCUT2D eigenvalue weighted by Crippen LogP contribution is 2.35. The maximum atomic E-state index is 9.22. The summed E-state index contributed by atoms with van der Waals surface area (Å²) in [6.45, 7) is 0.836. The summed E-state index contributed by atoms with van der Waals surface area (Å²) in [5.74, 6) is 1.76. The van der Waals surface area contributed by atoms with Crippen molar-refractivity contribution in [2.75, 3.05) is 6.54 Å². The Kier molecular flexibility index (Phi) is 3.27. The van der Waals surface area contributed by atoms with Gasteiger partial charge in [-0.1, -0.05) is 12.1 Å². The van der Waals surface area contributed by atoms with Crippen molar-refractivity contribution >= 4 is 0 Å². The van der Waals surface area contributed by atoms with Crippen LogP contribution in [0.1, 0.15) is 37.2 Å². The first kappa shape index (κ1) is 10.5. The summed E-state index contributed by atoms with van der Waals surface area (Å²) >= 11 is 0. The lowest BCUT2D eigenvalue weighted by Gasteiger charge is -2.27. The van der Waals surface area contributed by atoms with E-state index < -0.39 is 0 Å². The smallest absolute Gasteiger partial charge is 0.115 e. The Hall–Kier alpha value is -1.02. The number of aromatic hydroxyl groups is 1. The van der Waals surface area contributed by atoms with Gasteiger partial charge in [-0.3, -0.25) is 0 Å². The van der Waals surface area contributed by atoms with Gasteiger partial charge in [-0.25, -0.2) is 0 Å².